The van der Waals surface area contributed by atoms with Crippen molar-refractivity contribution < 1.29 is 8.42 Å². The summed E-state index contributed by atoms with van der Waals surface area (Å²) >= 11 is 1.86. The van der Waals surface area contributed by atoms with Gasteiger partial charge in [-0.15, -0.1) is 11.3 Å². The minimum absolute atomic E-state index is 0.184. The molecule has 3 unspecified atom stereocenters. The quantitative estimate of drug-likeness (QED) is 0.173. The van der Waals surface area contributed by atoms with Crippen LogP contribution in [0.15, 0.2) is 161 Å². The maximum atomic E-state index is 14.9. The maximum Gasteiger partial charge on any atom is 0.207 e. The molecular formula is C57H51NO2S2. The lowest BCUT2D eigenvalue weighted by molar-refractivity contribution is 0.0173. The van der Waals surface area contributed by atoms with Crippen molar-refractivity contribution in [2.24, 2.45) is 23.7 Å². The zero-order valence-electron chi connectivity index (χ0n) is 35.9. The summed E-state index contributed by atoms with van der Waals surface area (Å²) in [5.74, 6) is 1.98. The van der Waals surface area contributed by atoms with Crippen LogP contribution in [0.3, 0.4) is 0 Å². The van der Waals surface area contributed by atoms with E-state index in [0.29, 0.717) is 33.5 Å². The zero-order valence-corrected chi connectivity index (χ0v) is 37.5. The van der Waals surface area contributed by atoms with Crippen LogP contribution in [-0.4, -0.2) is 8.42 Å². The highest BCUT2D eigenvalue weighted by Crippen LogP contribution is 2.65. The number of fused-ring (bicyclic) bond motifs is 8. The van der Waals surface area contributed by atoms with Gasteiger partial charge in [0.15, 0.2) is 0 Å². The Balaban J connectivity index is 1.10. The smallest absolute Gasteiger partial charge is 0.207 e. The van der Waals surface area contributed by atoms with E-state index in [9.17, 15) is 8.42 Å². The number of rotatable bonds is 5. The minimum atomic E-state index is -3.76. The summed E-state index contributed by atoms with van der Waals surface area (Å²) < 4.78 is 32.4. The van der Waals surface area contributed by atoms with Crippen molar-refractivity contribution in [3.05, 3.63) is 174 Å². The SMILES string of the molecule is CCC1C[C@H]2CC(C)C[C@@H](C1)C21c2ccccc2S(=O)(=O)c2ccc(N(c3cccc(-c4cccc5c4sc4ccccc45)c3)c3ccc4c(c3)C(C)(C)c3ccccc3-4)cc21. The summed E-state index contributed by atoms with van der Waals surface area (Å²) in [4.78, 5) is 3.42. The molecule has 1 aliphatic heterocycles. The summed E-state index contributed by atoms with van der Waals surface area (Å²) in [6.07, 6.45) is 5.65. The largest absolute Gasteiger partial charge is 0.310 e. The topological polar surface area (TPSA) is 37.4 Å². The molecule has 0 radical (unpaired) electrons. The molecule has 308 valence electrons. The van der Waals surface area contributed by atoms with Gasteiger partial charge in [0.2, 0.25) is 9.84 Å². The second-order valence-corrected chi connectivity index (χ2v) is 22.3. The van der Waals surface area contributed by atoms with E-state index < -0.39 is 9.84 Å². The summed E-state index contributed by atoms with van der Waals surface area (Å²) in [7, 11) is -3.76. The maximum absolute atomic E-state index is 14.9. The molecule has 2 bridgehead atoms. The summed E-state index contributed by atoms with van der Waals surface area (Å²) in [6.45, 7) is 9.45. The second-order valence-electron chi connectivity index (χ2n) is 19.3. The van der Waals surface area contributed by atoms with E-state index in [4.69, 9.17) is 0 Å². The lowest BCUT2D eigenvalue weighted by atomic mass is 9.46. The third-order valence-electron chi connectivity index (χ3n) is 15.7. The average Bonchev–Trinajstić information content (AvgIpc) is 3.77. The number of benzene rings is 7. The van der Waals surface area contributed by atoms with E-state index in [-0.39, 0.29) is 10.8 Å². The molecule has 3 nitrogen and oxygen atoms in total. The van der Waals surface area contributed by atoms with Gasteiger partial charge in [0, 0.05) is 48.1 Å². The molecule has 0 amide bonds. The molecule has 4 aliphatic rings. The number of anilines is 3. The van der Waals surface area contributed by atoms with E-state index >= 15 is 0 Å². The van der Waals surface area contributed by atoms with Crippen LogP contribution in [0.25, 0.3) is 42.4 Å². The van der Waals surface area contributed by atoms with E-state index in [1.54, 1.807) is 0 Å². The van der Waals surface area contributed by atoms with Crippen molar-refractivity contribution >= 4 is 58.4 Å². The first-order valence-corrected chi connectivity index (χ1v) is 24.9. The van der Waals surface area contributed by atoms with E-state index in [1.165, 1.54) is 54.4 Å². The highest BCUT2D eigenvalue weighted by Gasteiger charge is 2.59. The molecule has 5 heteroatoms. The molecule has 12 rings (SSSR count). The van der Waals surface area contributed by atoms with Gasteiger partial charge in [0.25, 0.3) is 0 Å². The van der Waals surface area contributed by atoms with Gasteiger partial charge in [0.05, 0.1) is 9.79 Å². The molecule has 0 N–H and O–H groups in total. The highest BCUT2D eigenvalue weighted by molar-refractivity contribution is 7.91. The molecule has 3 aliphatic carbocycles. The second kappa shape index (κ2) is 13.8. The van der Waals surface area contributed by atoms with Gasteiger partial charge in [-0.25, -0.2) is 8.42 Å². The van der Waals surface area contributed by atoms with Crippen LogP contribution in [0.1, 0.15) is 82.1 Å². The van der Waals surface area contributed by atoms with Gasteiger partial charge in [-0.3, -0.25) is 0 Å². The normalized spacial score (nSPS) is 23.7. The first-order valence-electron chi connectivity index (χ1n) is 22.6. The molecule has 2 saturated carbocycles. The van der Waals surface area contributed by atoms with Gasteiger partial charge in [-0.1, -0.05) is 131 Å². The highest BCUT2D eigenvalue weighted by atomic mass is 32.2. The van der Waals surface area contributed by atoms with Gasteiger partial charge in [0.1, 0.15) is 0 Å². The van der Waals surface area contributed by atoms with E-state index in [2.05, 4.69) is 166 Å². The lowest BCUT2D eigenvalue weighted by Crippen LogP contribution is -2.54. The average molecular weight is 846 g/mol. The van der Waals surface area contributed by atoms with Gasteiger partial charge in [-0.2, -0.15) is 0 Å². The van der Waals surface area contributed by atoms with E-state index in [1.807, 2.05) is 29.5 Å². The zero-order chi connectivity index (χ0) is 42.1. The van der Waals surface area contributed by atoms with Gasteiger partial charge < -0.3 is 4.90 Å². The first-order chi connectivity index (χ1) is 30.1. The third kappa shape index (κ3) is 5.31. The van der Waals surface area contributed by atoms with Crippen molar-refractivity contribution in [3.8, 4) is 22.3 Å². The van der Waals surface area contributed by atoms with E-state index in [0.717, 1.165) is 59.4 Å². The Labute approximate surface area is 370 Å². The van der Waals surface area contributed by atoms with Crippen LogP contribution in [0.5, 0.6) is 0 Å². The fraction of sp³-hybridized carbons (Fsp3) is 0.263. The number of hydrogen-bond donors (Lipinski definition) is 0. The van der Waals surface area contributed by atoms with Crippen LogP contribution in [0, 0.1) is 23.7 Å². The number of sulfone groups is 1. The Bertz CT molecular complexity index is 3230. The lowest BCUT2D eigenvalue weighted by Gasteiger charge is -2.59. The molecule has 7 aromatic carbocycles. The predicted molar refractivity (Wildman–Crippen MR) is 258 cm³/mol. The third-order valence-corrected chi connectivity index (χ3v) is 18.8. The molecule has 1 aromatic heterocycles. The van der Waals surface area contributed by atoms with Crippen molar-refractivity contribution in [3.63, 3.8) is 0 Å². The molecular weight excluding hydrogens is 795 g/mol. The van der Waals surface area contributed by atoms with Gasteiger partial charge >= 0.3 is 0 Å². The van der Waals surface area contributed by atoms with Crippen LogP contribution >= 0.6 is 11.3 Å². The summed E-state index contributed by atoms with van der Waals surface area (Å²) in [6, 6.07) is 54.6. The molecule has 1 spiro atoms. The van der Waals surface area contributed by atoms with Crippen molar-refractivity contribution in [2.45, 2.75) is 80.4 Å². The van der Waals surface area contributed by atoms with Crippen molar-refractivity contribution in [1.29, 1.82) is 0 Å². The monoisotopic (exact) mass is 845 g/mol. The number of nitrogens with zero attached hydrogens (tertiary/aromatic N) is 1. The summed E-state index contributed by atoms with van der Waals surface area (Å²) in [5, 5.41) is 2.57. The fourth-order valence-electron chi connectivity index (χ4n) is 13.0. The molecule has 62 heavy (non-hydrogen) atoms. The Morgan fingerprint density at radius 2 is 1.19 bits per heavy atom. The number of thiophene rings is 1. The molecule has 0 saturated heterocycles. The molecule has 5 atom stereocenters. The Kier molecular flexibility index (Phi) is 8.48. The fourth-order valence-corrected chi connectivity index (χ4v) is 16.1. The van der Waals surface area contributed by atoms with Crippen molar-refractivity contribution in [2.75, 3.05) is 4.90 Å². The Hall–Kier alpha value is -5.49. The Morgan fingerprint density at radius 1 is 0.581 bits per heavy atom. The Morgan fingerprint density at radius 3 is 2.00 bits per heavy atom. The summed E-state index contributed by atoms with van der Waals surface area (Å²) in [5.41, 5.74) is 12.2. The molecule has 8 aromatic rings. The van der Waals surface area contributed by atoms with Crippen LogP contribution in [0.4, 0.5) is 17.1 Å². The standard InChI is InChI=1S/C57H51NO2S2/c1-5-36-30-38-28-35(2)29-39(31-36)57(38)49-21-9-11-23-53(49)62(59,60)54-27-25-42(34-51(54)57)58(41-24-26-45-44-16-6-8-20-48(44)56(3,4)50(45)33-41)40-15-12-14-37(32-40)43-18-13-19-47-46-17-7-10-22-52(46)61-55(43)47/h6-27,32-36,38-39H,5,28-31H2,1-4H3/t35?,36?,38-,39+,57?. The predicted octanol–water partition coefficient (Wildman–Crippen LogP) is 15.4. The number of hydrogen-bond acceptors (Lipinski definition) is 4. The first kappa shape index (κ1) is 38.2. The van der Waals surface area contributed by atoms with Crippen LogP contribution in [-0.2, 0) is 20.7 Å². The van der Waals surface area contributed by atoms with Crippen molar-refractivity contribution in [1.82, 2.24) is 0 Å². The van der Waals surface area contributed by atoms with Crippen LogP contribution < -0.4 is 4.90 Å². The molecule has 2 fully saturated rings. The minimum Gasteiger partial charge on any atom is -0.310 e. The van der Waals surface area contributed by atoms with Crippen LogP contribution in [0.2, 0.25) is 0 Å². The van der Waals surface area contributed by atoms with Gasteiger partial charge in [-0.05, 0) is 148 Å². The molecule has 2 heterocycles.